The lowest BCUT2D eigenvalue weighted by Crippen LogP contribution is -2.45. The van der Waals surface area contributed by atoms with Crippen LogP contribution in [0.4, 0.5) is 16.0 Å². The highest BCUT2D eigenvalue weighted by atomic mass is 19.1. The fourth-order valence-electron chi connectivity index (χ4n) is 3.82. The van der Waals surface area contributed by atoms with Crippen LogP contribution >= 0.6 is 0 Å². The largest absolute Gasteiger partial charge is 0.347 e. The second kappa shape index (κ2) is 10.0. The number of carbonyl (C=O) groups excluding carboxylic acids is 1. The van der Waals surface area contributed by atoms with Gasteiger partial charge in [0, 0.05) is 43.9 Å². The summed E-state index contributed by atoms with van der Waals surface area (Å²) in [5.74, 6) is 0.374. The van der Waals surface area contributed by atoms with Crippen molar-refractivity contribution >= 4 is 17.5 Å². The van der Waals surface area contributed by atoms with Crippen LogP contribution in [0.25, 0.3) is 22.6 Å². The van der Waals surface area contributed by atoms with Gasteiger partial charge in [-0.1, -0.05) is 0 Å². The van der Waals surface area contributed by atoms with E-state index in [1.54, 1.807) is 60.7 Å². The molecule has 2 N–H and O–H groups in total. The molecule has 1 aliphatic heterocycles. The van der Waals surface area contributed by atoms with Crippen LogP contribution in [0.5, 0.6) is 0 Å². The Morgan fingerprint density at radius 2 is 1.76 bits per heavy atom. The lowest BCUT2D eigenvalue weighted by Gasteiger charge is -2.35. The van der Waals surface area contributed by atoms with E-state index in [-0.39, 0.29) is 24.9 Å². The lowest BCUT2D eigenvalue weighted by molar-refractivity contribution is -0.229. The molecule has 1 aliphatic rings. The average molecular weight is 504 g/mol. The van der Waals surface area contributed by atoms with E-state index in [0.29, 0.717) is 40.1 Å². The number of rotatable bonds is 6. The van der Waals surface area contributed by atoms with Crippen LogP contribution in [0.15, 0.2) is 61.1 Å². The molecule has 0 atom stereocenters. The van der Waals surface area contributed by atoms with Crippen molar-refractivity contribution in [3.05, 3.63) is 72.7 Å². The Labute approximate surface area is 212 Å². The fourth-order valence-corrected chi connectivity index (χ4v) is 3.82. The number of benzene rings is 1. The van der Waals surface area contributed by atoms with Gasteiger partial charge in [0.15, 0.2) is 5.82 Å². The van der Waals surface area contributed by atoms with Crippen molar-refractivity contribution in [2.24, 2.45) is 5.41 Å². The molecule has 5 rings (SSSR count). The smallest absolute Gasteiger partial charge is 0.235 e. The third kappa shape index (κ3) is 5.18. The number of aromatic amines is 1. The van der Waals surface area contributed by atoms with E-state index in [1.807, 2.05) is 14.1 Å². The van der Waals surface area contributed by atoms with Gasteiger partial charge in [-0.05, 0) is 49.4 Å². The zero-order valence-corrected chi connectivity index (χ0v) is 20.6. The van der Waals surface area contributed by atoms with Crippen molar-refractivity contribution in [1.29, 1.82) is 0 Å². The van der Waals surface area contributed by atoms with Crippen LogP contribution in [0, 0.1) is 11.2 Å². The summed E-state index contributed by atoms with van der Waals surface area (Å²) in [6, 6.07) is 11.2. The molecule has 0 saturated carbocycles. The van der Waals surface area contributed by atoms with E-state index in [4.69, 9.17) is 14.5 Å². The summed E-state index contributed by atoms with van der Waals surface area (Å²) in [7, 11) is 3.70. The molecular formula is C26H26FN7O3. The lowest BCUT2D eigenvalue weighted by atomic mass is 9.91. The van der Waals surface area contributed by atoms with Gasteiger partial charge < -0.3 is 24.7 Å². The zero-order chi connectivity index (χ0) is 26.0. The Morgan fingerprint density at radius 3 is 2.43 bits per heavy atom. The molecule has 190 valence electrons. The third-order valence-electron chi connectivity index (χ3n) is 5.95. The van der Waals surface area contributed by atoms with Crippen LogP contribution in [-0.2, 0) is 14.3 Å². The molecule has 0 unspecified atom stereocenters. The molecule has 3 aromatic heterocycles. The highest BCUT2D eigenvalue weighted by molar-refractivity contribution is 5.95. The minimum absolute atomic E-state index is 0.120. The molecule has 37 heavy (non-hydrogen) atoms. The molecule has 1 aromatic carbocycles. The monoisotopic (exact) mass is 503 g/mol. The number of hydrogen-bond acceptors (Lipinski definition) is 8. The number of hydrogen-bond donors (Lipinski definition) is 2. The first-order valence-electron chi connectivity index (χ1n) is 11.6. The van der Waals surface area contributed by atoms with Gasteiger partial charge in [0.1, 0.15) is 5.82 Å². The van der Waals surface area contributed by atoms with Gasteiger partial charge in [0.25, 0.3) is 0 Å². The maximum absolute atomic E-state index is 13.6. The quantitative estimate of drug-likeness (QED) is 0.408. The van der Waals surface area contributed by atoms with Crippen molar-refractivity contribution < 1.29 is 18.7 Å². The summed E-state index contributed by atoms with van der Waals surface area (Å²) in [6.07, 6.45) is 4.04. The van der Waals surface area contributed by atoms with E-state index >= 15 is 0 Å². The van der Waals surface area contributed by atoms with E-state index in [9.17, 15) is 9.18 Å². The van der Waals surface area contributed by atoms with Crippen molar-refractivity contribution in [2.45, 2.75) is 13.2 Å². The number of ether oxygens (including phenoxy) is 2. The Kier molecular flexibility index (Phi) is 6.64. The molecular weight excluding hydrogens is 477 g/mol. The van der Waals surface area contributed by atoms with E-state index in [0.717, 1.165) is 0 Å². The van der Waals surface area contributed by atoms with Crippen molar-refractivity contribution in [2.75, 3.05) is 37.5 Å². The van der Waals surface area contributed by atoms with E-state index < -0.39 is 11.7 Å². The maximum Gasteiger partial charge on any atom is 0.235 e. The number of nitrogens with zero attached hydrogens (tertiary/aromatic N) is 5. The normalized spacial score (nSPS) is 19.4. The highest BCUT2D eigenvalue weighted by Gasteiger charge is 2.41. The van der Waals surface area contributed by atoms with Crippen molar-refractivity contribution in [1.82, 2.24) is 24.9 Å². The summed E-state index contributed by atoms with van der Waals surface area (Å²) in [5.41, 5.74) is 2.22. The molecule has 1 saturated heterocycles. The first-order chi connectivity index (χ1) is 17.8. The van der Waals surface area contributed by atoms with Gasteiger partial charge in [-0.25, -0.2) is 19.3 Å². The summed E-state index contributed by atoms with van der Waals surface area (Å²) < 4.78 is 25.5. The molecule has 1 amide bonds. The summed E-state index contributed by atoms with van der Waals surface area (Å²) in [5, 5.41) is 2.87. The number of H-pyrrole nitrogens is 1. The summed E-state index contributed by atoms with van der Waals surface area (Å²) in [6.45, 7) is 2.02. The van der Waals surface area contributed by atoms with Gasteiger partial charge in [-0.2, -0.15) is 0 Å². The molecule has 10 nitrogen and oxygen atoms in total. The first-order valence-corrected chi connectivity index (χ1v) is 11.6. The van der Waals surface area contributed by atoms with Crippen LogP contribution in [0.1, 0.15) is 19.0 Å². The van der Waals surface area contributed by atoms with Gasteiger partial charge in [-0.3, -0.25) is 9.78 Å². The molecule has 0 radical (unpaired) electrons. The molecule has 4 heterocycles. The van der Waals surface area contributed by atoms with Crippen molar-refractivity contribution in [3.63, 3.8) is 0 Å². The van der Waals surface area contributed by atoms with E-state index in [2.05, 4.69) is 25.3 Å². The predicted octanol–water partition coefficient (Wildman–Crippen LogP) is 3.82. The Morgan fingerprint density at radius 1 is 1.05 bits per heavy atom. The van der Waals surface area contributed by atoms with Crippen LogP contribution in [0.3, 0.4) is 0 Å². The minimum atomic E-state index is -0.901. The molecule has 4 aromatic rings. The van der Waals surface area contributed by atoms with E-state index in [1.165, 1.54) is 12.1 Å². The van der Waals surface area contributed by atoms with Crippen LogP contribution < -0.4 is 10.2 Å². The number of amides is 1. The van der Waals surface area contributed by atoms with Crippen molar-refractivity contribution in [3.8, 4) is 22.6 Å². The molecule has 0 aliphatic carbocycles. The number of aromatic nitrogens is 5. The number of imidazole rings is 1. The Hall–Kier alpha value is -4.22. The number of carbonyl (C=O) groups is 1. The maximum atomic E-state index is 13.6. The number of pyridine rings is 1. The van der Waals surface area contributed by atoms with Gasteiger partial charge in [0.2, 0.25) is 18.1 Å². The van der Waals surface area contributed by atoms with Gasteiger partial charge >= 0.3 is 0 Å². The number of nitrogens with one attached hydrogen (secondary N) is 2. The van der Waals surface area contributed by atoms with Crippen LogP contribution in [-0.4, -0.2) is 58.1 Å². The standard InChI is InChI=1S/C26H26FN7O3/c1-26(24(35)30-18-8-11-28-12-9-18)14-36-23(37-15-26)22-32-20(16-4-6-17(27)7-5-16)21(33-22)19-10-13-29-25(31-19)34(2)3/h4-13,23H,14-15H2,1-3H3,(H,32,33)(H,28,30,35). The summed E-state index contributed by atoms with van der Waals surface area (Å²) >= 11 is 0. The fraction of sp³-hybridized carbons (Fsp3) is 0.269. The Bertz CT molecular complexity index is 1390. The Balaban J connectivity index is 1.41. The van der Waals surface area contributed by atoms with Crippen LogP contribution in [0.2, 0.25) is 0 Å². The minimum Gasteiger partial charge on any atom is -0.347 e. The second-order valence-corrected chi connectivity index (χ2v) is 9.19. The molecule has 1 fully saturated rings. The number of halogens is 1. The third-order valence-corrected chi connectivity index (χ3v) is 5.95. The number of anilines is 2. The molecule has 0 bridgehead atoms. The SMILES string of the molecule is CN(C)c1nccc(-c2[nH]c(C3OCC(C)(C(=O)Nc4ccncc4)CO3)nc2-c2ccc(F)cc2)n1. The van der Waals surface area contributed by atoms with Gasteiger partial charge in [-0.15, -0.1) is 0 Å². The zero-order valence-electron chi connectivity index (χ0n) is 20.6. The topological polar surface area (TPSA) is 118 Å². The highest BCUT2D eigenvalue weighted by Crippen LogP contribution is 2.36. The molecule has 0 spiro atoms. The molecule has 11 heteroatoms. The average Bonchev–Trinajstić information content (AvgIpc) is 3.36. The predicted molar refractivity (Wildman–Crippen MR) is 135 cm³/mol. The summed E-state index contributed by atoms with van der Waals surface area (Å²) in [4.78, 5) is 35.6. The first kappa shape index (κ1) is 24.5. The van der Waals surface area contributed by atoms with Gasteiger partial charge in [0.05, 0.1) is 35.7 Å². The second-order valence-electron chi connectivity index (χ2n) is 9.19.